The van der Waals surface area contributed by atoms with Gasteiger partial charge in [-0.05, 0) is 37.7 Å². The molecule has 1 unspecified atom stereocenters. The Hall–Kier alpha value is -1.81. The SMILES string of the molecule is CCC1CN(C(=O)c2ccc3[nH]ccc3c2)CCN1C. The molecule has 1 amide bonds. The van der Waals surface area contributed by atoms with Crippen LogP contribution < -0.4 is 0 Å². The summed E-state index contributed by atoms with van der Waals surface area (Å²) in [7, 11) is 2.14. The molecule has 0 aliphatic carbocycles. The Bertz CT molecular complexity index is 619. The molecule has 2 aromatic rings. The lowest BCUT2D eigenvalue weighted by Gasteiger charge is -2.39. The van der Waals surface area contributed by atoms with Crippen LogP contribution in [0.25, 0.3) is 10.9 Å². The highest BCUT2D eigenvalue weighted by Gasteiger charge is 2.26. The standard InChI is InChI=1S/C16H21N3O/c1-3-14-11-19(9-8-18(14)2)16(20)13-4-5-15-12(10-13)6-7-17-15/h4-7,10,14,17H,3,8-9,11H2,1-2H3. The Morgan fingerprint density at radius 2 is 2.20 bits per heavy atom. The zero-order chi connectivity index (χ0) is 14.1. The van der Waals surface area contributed by atoms with Gasteiger partial charge in [0, 0.05) is 48.3 Å². The molecule has 0 radical (unpaired) electrons. The first-order chi connectivity index (χ1) is 9.69. The molecule has 4 nitrogen and oxygen atoms in total. The van der Waals surface area contributed by atoms with Crippen molar-refractivity contribution < 1.29 is 4.79 Å². The molecule has 1 atom stereocenters. The fraction of sp³-hybridized carbons (Fsp3) is 0.438. The minimum absolute atomic E-state index is 0.152. The van der Waals surface area contributed by atoms with Crippen molar-refractivity contribution in [2.75, 3.05) is 26.7 Å². The molecule has 1 saturated heterocycles. The van der Waals surface area contributed by atoms with Gasteiger partial charge in [0.2, 0.25) is 0 Å². The van der Waals surface area contributed by atoms with Crippen LogP contribution in [0.5, 0.6) is 0 Å². The normalized spacial score (nSPS) is 20.5. The van der Waals surface area contributed by atoms with Crippen LogP contribution in [-0.4, -0.2) is 53.4 Å². The van der Waals surface area contributed by atoms with Crippen LogP contribution >= 0.6 is 0 Å². The van der Waals surface area contributed by atoms with Crippen molar-refractivity contribution >= 4 is 16.8 Å². The van der Waals surface area contributed by atoms with Gasteiger partial charge in [-0.3, -0.25) is 9.69 Å². The molecule has 0 spiro atoms. The molecule has 1 fully saturated rings. The lowest BCUT2D eigenvalue weighted by molar-refractivity contribution is 0.0542. The van der Waals surface area contributed by atoms with Gasteiger partial charge in [0.15, 0.2) is 0 Å². The van der Waals surface area contributed by atoms with Gasteiger partial charge in [-0.1, -0.05) is 6.92 Å². The minimum Gasteiger partial charge on any atom is -0.361 e. The number of piperazine rings is 1. The third kappa shape index (κ3) is 2.31. The summed E-state index contributed by atoms with van der Waals surface area (Å²) in [5.41, 5.74) is 1.86. The van der Waals surface area contributed by atoms with Crippen molar-refractivity contribution in [3.05, 3.63) is 36.0 Å². The van der Waals surface area contributed by atoms with E-state index in [2.05, 4.69) is 23.9 Å². The van der Waals surface area contributed by atoms with Gasteiger partial charge in [-0.15, -0.1) is 0 Å². The van der Waals surface area contributed by atoms with Gasteiger partial charge < -0.3 is 9.88 Å². The molecule has 20 heavy (non-hydrogen) atoms. The second kappa shape index (κ2) is 5.29. The molecule has 1 aliphatic rings. The van der Waals surface area contributed by atoms with Crippen molar-refractivity contribution in [2.45, 2.75) is 19.4 Å². The fourth-order valence-electron chi connectivity index (χ4n) is 2.94. The third-order valence-corrected chi connectivity index (χ3v) is 4.34. The first-order valence-corrected chi connectivity index (χ1v) is 7.25. The Kier molecular flexibility index (Phi) is 3.49. The van der Waals surface area contributed by atoms with Gasteiger partial charge in [-0.25, -0.2) is 0 Å². The summed E-state index contributed by atoms with van der Waals surface area (Å²) in [6.07, 6.45) is 2.99. The summed E-state index contributed by atoms with van der Waals surface area (Å²) in [4.78, 5) is 20.1. The Morgan fingerprint density at radius 1 is 1.35 bits per heavy atom. The van der Waals surface area contributed by atoms with E-state index in [0.29, 0.717) is 6.04 Å². The Balaban J connectivity index is 1.81. The molecular weight excluding hydrogens is 250 g/mol. The molecule has 4 heteroatoms. The van der Waals surface area contributed by atoms with E-state index in [-0.39, 0.29) is 5.91 Å². The van der Waals surface area contributed by atoms with E-state index >= 15 is 0 Å². The van der Waals surface area contributed by atoms with Gasteiger partial charge in [0.05, 0.1) is 0 Å². The number of amides is 1. The van der Waals surface area contributed by atoms with E-state index in [9.17, 15) is 4.79 Å². The maximum Gasteiger partial charge on any atom is 0.253 e. The van der Waals surface area contributed by atoms with E-state index < -0.39 is 0 Å². The second-order valence-electron chi connectivity index (χ2n) is 5.57. The number of H-pyrrole nitrogens is 1. The molecule has 1 N–H and O–H groups in total. The molecule has 1 aromatic carbocycles. The number of fused-ring (bicyclic) bond motifs is 1. The number of aromatic nitrogens is 1. The van der Waals surface area contributed by atoms with E-state index in [1.807, 2.05) is 35.4 Å². The lowest BCUT2D eigenvalue weighted by atomic mass is 10.1. The summed E-state index contributed by atoms with van der Waals surface area (Å²) in [5, 5.41) is 1.09. The number of carbonyl (C=O) groups excluding carboxylic acids is 1. The molecule has 2 heterocycles. The van der Waals surface area contributed by atoms with E-state index in [1.165, 1.54) is 0 Å². The number of benzene rings is 1. The molecule has 106 valence electrons. The second-order valence-corrected chi connectivity index (χ2v) is 5.57. The first kappa shape index (κ1) is 13.2. The van der Waals surface area contributed by atoms with Gasteiger partial charge in [0.1, 0.15) is 0 Å². The van der Waals surface area contributed by atoms with Crippen molar-refractivity contribution in [2.24, 2.45) is 0 Å². The summed E-state index contributed by atoms with van der Waals surface area (Å²) in [5.74, 6) is 0.152. The maximum absolute atomic E-state index is 12.6. The van der Waals surface area contributed by atoms with Crippen LogP contribution in [0.3, 0.4) is 0 Å². The van der Waals surface area contributed by atoms with Crippen molar-refractivity contribution in [3.8, 4) is 0 Å². The summed E-state index contributed by atoms with van der Waals surface area (Å²) >= 11 is 0. The molecule has 0 bridgehead atoms. The number of hydrogen-bond acceptors (Lipinski definition) is 2. The van der Waals surface area contributed by atoms with Gasteiger partial charge in [-0.2, -0.15) is 0 Å². The van der Waals surface area contributed by atoms with Gasteiger partial charge >= 0.3 is 0 Å². The summed E-state index contributed by atoms with van der Waals surface area (Å²) in [6.45, 7) is 4.78. The highest BCUT2D eigenvalue weighted by molar-refractivity contribution is 5.98. The maximum atomic E-state index is 12.6. The van der Waals surface area contributed by atoms with E-state index in [0.717, 1.165) is 42.5 Å². The first-order valence-electron chi connectivity index (χ1n) is 7.25. The van der Waals surface area contributed by atoms with Crippen LogP contribution in [-0.2, 0) is 0 Å². The smallest absolute Gasteiger partial charge is 0.253 e. The van der Waals surface area contributed by atoms with Crippen LogP contribution in [0.15, 0.2) is 30.5 Å². The molecule has 1 aliphatic heterocycles. The quantitative estimate of drug-likeness (QED) is 0.910. The molecular formula is C16H21N3O. The number of hydrogen-bond donors (Lipinski definition) is 1. The monoisotopic (exact) mass is 271 g/mol. The minimum atomic E-state index is 0.152. The topological polar surface area (TPSA) is 39.3 Å². The number of likely N-dealkylation sites (N-methyl/N-ethyl adjacent to an activating group) is 1. The zero-order valence-electron chi connectivity index (χ0n) is 12.1. The summed E-state index contributed by atoms with van der Waals surface area (Å²) < 4.78 is 0. The Labute approximate surface area is 119 Å². The highest BCUT2D eigenvalue weighted by Crippen LogP contribution is 2.18. The summed E-state index contributed by atoms with van der Waals surface area (Å²) in [6, 6.07) is 8.36. The average molecular weight is 271 g/mol. The molecule has 3 rings (SSSR count). The van der Waals surface area contributed by atoms with E-state index in [4.69, 9.17) is 0 Å². The van der Waals surface area contributed by atoms with E-state index in [1.54, 1.807) is 0 Å². The van der Waals surface area contributed by atoms with Crippen LogP contribution in [0, 0.1) is 0 Å². The molecule has 1 aromatic heterocycles. The lowest BCUT2D eigenvalue weighted by Crippen LogP contribution is -2.52. The predicted octanol–water partition coefficient (Wildman–Crippen LogP) is 2.33. The van der Waals surface area contributed by atoms with Crippen molar-refractivity contribution in [3.63, 3.8) is 0 Å². The van der Waals surface area contributed by atoms with Crippen LogP contribution in [0.4, 0.5) is 0 Å². The van der Waals surface area contributed by atoms with Crippen molar-refractivity contribution in [1.29, 1.82) is 0 Å². The number of nitrogens with one attached hydrogen (secondary N) is 1. The number of aromatic amines is 1. The molecule has 0 saturated carbocycles. The number of rotatable bonds is 2. The number of nitrogens with zero attached hydrogens (tertiary/aromatic N) is 2. The average Bonchev–Trinajstić information content (AvgIpc) is 2.94. The highest BCUT2D eigenvalue weighted by atomic mass is 16.2. The van der Waals surface area contributed by atoms with Crippen LogP contribution in [0.2, 0.25) is 0 Å². The largest absolute Gasteiger partial charge is 0.361 e. The fourth-order valence-corrected chi connectivity index (χ4v) is 2.94. The third-order valence-electron chi connectivity index (χ3n) is 4.34. The van der Waals surface area contributed by atoms with Crippen LogP contribution in [0.1, 0.15) is 23.7 Å². The van der Waals surface area contributed by atoms with Gasteiger partial charge in [0.25, 0.3) is 5.91 Å². The van der Waals surface area contributed by atoms with Crippen molar-refractivity contribution in [1.82, 2.24) is 14.8 Å². The predicted molar refractivity (Wildman–Crippen MR) is 80.9 cm³/mol. The Morgan fingerprint density at radius 3 is 3.00 bits per heavy atom. The number of carbonyl (C=O) groups is 1. The zero-order valence-corrected chi connectivity index (χ0v) is 12.1.